The number of hydrogen-bond donors (Lipinski definition) is 3. The highest BCUT2D eigenvalue weighted by molar-refractivity contribution is 5.97. The second-order valence-electron chi connectivity index (χ2n) is 10.3. The number of allylic oxidation sites excluding steroid dienone is 1. The second kappa shape index (κ2) is 9.03. The van der Waals surface area contributed by atoms with Gasteiger partial charge in [-0.3, -0.25) is 15.1 Å². The first kappa shape index (κ1) is 22.0. The molecular weight excluding hydrogens is 460 g/mol. The van der Waals surface area contributed by atoms with Crippen molar-refractivity contribution in [1.82, 2.24) is 30.1 Å². The van der Waals surface area contributed by atoms with Crippen LogP contribution in [0.15, 0.2) is 61.3 Å². The standard InChI is InChI=1S/C29H30N8/c1-18(19-6-5-7-19)32-22-12-21(14-30-15-22)20-8-9-24-23(13-20)27(36-35-24)29-33-25-16-31-17-26(28(25)34-29)37-10-3-2-4-11-37/h8-9,12-17,19,32H,1-7,10-11H2,(H,33,34)(H,35,36). The molecule has 1 aliphatic heterocycles. The molecule has 0 radical (unpaired) electrons. The zero-order chi connectivity index (χ0) is 24.8. The lowest BCUT2D eigenvalue weighted by molar-refractivity contribution is 0.371. The predicted molar refractivity (Wildman–Crippen MR) is 148 cm³/mol. The third-order valence-electron chi connectivity index (χ3n) is 7.83. The van der Waals surface area contributed by atoms with Gasteiger partial charge in [0.05, 0.1) is 41.0 Å². The number of nitrogens with zero attached hydrogens (tertiary/aromatic N) is 5. The Morgan fingerprint density at radius 3 is 2.62 bits per heavy atom. The third-order valence-corrected chi connectivity index (χ3v) is 7.83. The van der Waals surface area contributed by atoms with Gasteiger partial charge in [0.25, 0.3) is 0 Å². The Hall–Kier alpha value is -4.20. The van der Waals surface area contributed by atoms with E-state index in [0.717, 1.165) is 74.7 Å². The van der Waals surface area contributed by atoms with E-state index in [2.05, 4.69) is 66.2 Å². The van der Waals surface area contributed by atoms with E-state index in [0.29, 0.717) is 5.92 Å². The average Bonchev–Trinajstić information content (AvgIpc) is 3.52. The van der Waals surface area contributed by atoms with Crippen LogP contribution in [0.5, 0.6) is 0 Å². The van der Waals surface area contributed by atoms with E-state index in [-0.39, 0.29) is 0 Å². The first-order chi connectivity index (χ1) is 18.2. The zero-order valence-electron chi connectivity index (χ0n) is 20.8. The number of H-pyrrole nitrogens is 2. The summed E-state index contributed by atoms with van der Waals surface area (Å²) in [4.78, 5) is 19.9. The molecule has 1 saturated heterocycles. The van der Waals surface area contributed by atoms with E-state index in [1.54, 1.807) is 0 Å². The van der Waals surface area contributed by atoms with Crippen molar-refractivity contribution in [3.8, 4) is 22.6 Å². The molecule has 2 fully saturated rings. The van der Waals surface area contributed by atoms with Gasteiger partial charge in [-0.1, -0.05) is 19.1 Å². The highest BCUT2D eigenvalue weighted by Gasteiger charge is 2.21. The largest absolute Gasteiger partial charge is 0.368 e. The molecule has 37 heavy (non-hydrogen) atoms. The molecule has 0 amide bonds. The molecule has 1 aliphatic carbocycles. The molecule has 0 spiro atoms. The van der Waals surface area contributed by atoms with E-state index in [9.17, 15) is 0 Å². The van der Waals surface area contributed by atoms with E-state index in [1.807, 2.05) is 24.8 Å². The van der Waals surface area contributed by atoms with Crippen LogP contribution in [0.25, 0.3) is 44.6 Å². The molecule has 0 bridgehead atoms. The van der Waals surface area contributed by atoms with Crippen LogP contribution in [0, 0.1) is 5.92 Å². The molecule has 0 atom stereocenters. The van der Waals surface area contributed by atoms with Crippen molar-refractivity contribution in [2.45, 2.75) is 38.5 Å². The van der Waals surface area contributed by atoms with Crippen LogP contribution in [0.2, 0.25) is 0 Å². The molecule has 4 aromatic heterocycles. The Bertz CT molecular complexity index is 1600. The third kappa shape index (κ3) is 4.02. The molecule has 1 aromatic carbocycles. The van der Waals surface area contributed by atoms with Gasteiger partial charge in [-0.15, -0.1) is 0 Å². The first-order valence-corrected chi connectivity index (χ1v) is 13.2. The number of aromatic nitrogens is 6. The van der Waals surface area contributed by atoms with Crippen molar-refractivity contribution in [2.24, 2.45) is 5.92 Å². The van der Waals surface area contributed by atoms with Gasteiger partial charge < -0.3 is 15.2 Å². The van der Waals surface area contributed by atoms with Gasteiger partial charge >= 0.3 is 0 Å². The molecule has 0 unspecified atom stereocenters. The van der Waals surface area contributed by atoms with Gasteiger partial charge in [0.1, 0.15) is 11.2 Å². The molecule has 8 heteroatoms. The molecule has 3 N–H and O–H groups in total. The Labute approximate surface area is 215 Å². The van der Waals surface area contributed by atoms with Crippen molar-refractivity contribution in [2.75, 3.05) is 23.3 Å². The summed E-state index contributed by atoms with van der Waals surface area (Å²) in [5, 5.41) is 12.3. The monoisotopic (exact) mass is 490 g/mol. The smallest absolute Gasteiger partial charge is 0.159 e. The number of rotatable bonds is 6. The Morgan fingerprint density at radius 2 is 1.78 bits per heavy atom. The Morgan fingerprint density at radius 1 is 0.919 bits per heavy atom. The van der Waals surface area contributed by atoms with Crippen molar-refractivity contribution < 1.29 is 0 Å². The number of piperidine rings is 1. The molecule has 2 aliphatic rings. The Balaban J connectivity index is 1.23. The first-order valence-electron chi connectivity index (χ1n) is 13.2. The molecular formula is C29H30N8. The fourth-order valence-electron chi connectivity index (χ4n) is 5.48. The van der Waals surface area contributed by atoms with Crippen molar-refractivity contribution in [1.29, 1.82) is 0 Å². The maximum absolute atomic E-state index is 5.01. The summed E-state index contributed by atoms with van der Waals surface area (Å²) < 4.78 is 0. The fourth-order valence-corrected chi connectivity index (χ4v) is 5.48. The Kier molecular flexibility index (Phi) is 5.38. The lowest BCUT2D eigenvalue weighted by Crippen LogP contribution is -2.29. The lowest BCUT2D eigenvalue weighted by atomic mass is 9.83. The summed E-state index contributed by atoms with van der Waals surface area (Å²) in [5.74, 6) is 1.32. The fraction of sp³-hybridized carbons (Fsp3) is 0.310. The minimum absolute atomic E-state index is 0.572. The van der Waals surface area contributed by atoms with E-state index in [1.165, 1.54) is 38.5 Å². The highest BCUT2D eigenvalue weighted by Crippen LogP contribution is 2.35. The van der Waals surface area contributed by atoms with Crippen LogP contribution in [0.1, 0.15) is 38.5 Å². The van der Waals surface area contributed by atoms with Crippen LogP contribution >= 0.6 is 0 Å². The lowest BCUT2D eigenvalue weighted by Gasteiger charge is -2.28. The van der Waals surface area contributed by atoms with E-state index in [4.69, 9.17) is 4.98 Å². The number of aromatic amines is 2. The SMILES string of the molecule is C=C(Nc1cncc(-c2ccc3[nH]nc(-c4nc5c(N6CCCCC6)cncc5[nH]4)c3c2)c1)C1CCC1. The van der Waals surface area contributed by atoms with Gasteiger partial charge in [0.15, 0.2) is 5.82 Å². The molecule has 186 valence electrons. The van der Waals surface area contributed by atoms with E-state index < -0.39 is 0 Å². The van der Waals surface area contributed by atoms with Gasteiger partial charge in [0, 0.05) is 35.9 Å². The molecule has 1 saturated carbocycles. The van der Waals surface area contributed by atoms with Gasteiger partial charge in [0.2, 0.25) is 0 Å². The van der Waals surface area contributed by atoms with Crippen molar-refractivity contribution in [3.63, 3.8) is 0 Å². The predicted octanol–water partition coefficient (Wildman–Crippen LogP) is 6.28. The van der Waals surface area contributed by atoms with Crippen LogP contribution in [-0.4, -0.2) is 43.2 Å². The number of benzene rings is 1. The molecule has 8 nitrogen and oxygen atoms in total. The topological polar surface area (TPSA) is 98.4 Å². The average molecular weight is 491 g/mol. The summed E-state index contributed by atoms with van der Waals surface area (Å²) in [7, 11) is 0. The quantitative estimate of drug-likeness (QED) is 0.259. The second-order valence-corrected chi connectivity index (χ2v) is 10.3. The van der Waals surface area contributed by atoms with E-state index >= 15 is 0 Å². The van der Waals surface area contributed by atoms with Crippen LogP contribution in [-0.2, 0) is 0 Å². The van der Waals surface area contributed by atoms with Crippen LogP contribution in [0.4, 0.5) is 11.4 Å². The van der Waals surface area contributed by atoms with Gasteiger partial charge in [-0.05, 0) is 61.8 Å². The minimum atomic E-state index is 0.572. The number of fused-ring (bicyclic) bond motifs is 2. The van der Waals surface area contributed by atoms with Gasteiger partial charge in [-0.25, -0.2) is 4.98 Å². The van der Waals surface area contributed by atoms with Crippen molar-refractivity contribution >= 4 is 33.3 Å². The zero-order valence-corrected chi connectivity index (χ0v) is 20.8. The summed E-state index contributed by atoms with van der Waals surface area (Å²) in [6.45, 7) is 6.34. The molecule has 7 rings (SSSR count). The number of nitrogens with one attached hydrogen (secondary N) is 3. The number of hydrogen-bond acceptors (Lipinski definition) is 6. The van der Waals surface area contributed by atoms with Crippen LogP contribution in [0.3, 0.4) is 0 Å². The summed E-state index contributed by atoms with van der Waals surface area (Å²) in [6, 6.07) is 8.46. The van der Waals surface area contributed by atoms with Crippen molar-refractivity contribution in [3.05, 3.63) is 61.3 Å². The highest BCUT2D eigenvalue weighted by atomic mass is 15.2. The summed E-state index contributed by atoms with van der Waals surface area (Å²) >= 11 is 0. The maximum Gasteiger partial charge on any atom is 0.159 e. The molecule has 5 heterocycles. The number of pyridine rings is 2. The normalized spacial score (nSPS) is 16.3. The van der Waals surface area contributed by atoms with Crippen LogP contribution < -0.4 is 10.2 Å². The summed E-state index contributed by atoms with van der Waals surface area (Å²) in [5.41, 5.74) is 8.92. The molecule has 5 aromatic rings. The van der Waals surface area contributed by atoms with Gasteiger partial charge in [-0.2, -0.15) is 5.10 Å². The minimum Gasteiger partial charge on any atom is -0.368 e. The number of imidazole rings is 1. The summed E-state index contributed by atoms with van der Waals surface area (Å²) in [6.07, 6.45) is 15.0. The number of anilines is 2. The maximum atomic E-state index is 5.01.